The number of rotatable bonds is 5. The van der Waals surface area contributed by atoms with Gasteiger partial charge in [0.05, 0.1) is 0 Å². The van der Waals surface area contributed by atoms with Gasteiger partial charge in [0.25, 0.3) is 0 Å². The maximum absolute atomic E-state index is 12.8. The van der Waals surface area contributed by atoms with Crippen LogP contribution in [-0.4, -0.2) is 12.1 Å². The number of fused-ring (bicyclic) bond motifs is 5. The Morgan fingerprint density at radius 3 is 2.53 bits per heavy atom. The fourth-order valence-corrected chi connectivity index (χ4v) is 8.58. The van der Waals surface area contributed by atoms with E-state index in [-0.39, 0.29) is 21.7 Å². The van der Waals surface area contributed by atoms with E-state index < -0.39 is 0 Å². The van der Waals surface area contributed by atoms with E-state index in [2.05, 4.69) is 59.8 Å². The summed E-state index contributed by atoms with van der Waals surface area (Å²) in [6, 6.07) is 0. The molecule has 0 heterocycles. The fraction of sp³-hybridized carbons (Fsp3) is 0.733. The van der Waals surface area contributed by atoms with E-state index in [1.54, 1.807) is 11.1 Å². The van der Waals surface area contributed by atoms with Crippen LogP contribution in [0, 0.1) is 39.4 Å². The van der Waals surface area contributed by atoms with Gasteiger partial charge < -0.3 is 0 Å². The molecule has 4 aliphatic carbocycles. The topological polar surface area (TPSA) is 34.1 Å². The number of carbonyl (C=O) groups is 2. The average Bonchev–Trinajstić information content (AvgIpc) is 3.02. The van der Waals surface area contributed by atoms with Crippen molar-refractivity contribution in [3.63, 3.8) is 0 Å². The van der Waals surface area contributed by atoms with Crippen LogP contribution in [0.5, 0.6) is 0 Å². The Balaban J connectivity index is 1.64. The number of hydrogen-bond acceptors (Lipinski definition) is 2. The monoisotopic (exact) mass is 436 g/mol. The lowest BCUT2D eigenvalue weighted by Crippen LogP contribution is -2.53. The molecular formula is C30H44O2. The summed E-state index contributed by atoms with van der Waals surface area (Å²) < 4.78 is 0. The molecule has 1 unspecified atom stereocenters. The molecule has 0 aliphatic heterocycles. The van der Waals surface area contributed by atoms with E-state index in [1.165, 1.54) is 12.8 Å². The highest BCUT2D eigenvalue weighted by molar-refractivity contribution is 5.86. The van der Waals surface area contributed by atoms with Crippen LogP contribution >= 0.6 is 0 Å². The highest BCUT2D eigenvalue weighted by Crippen LogP contribution is 2.71. The third kappa shape index (κ3) is 3.18. The van der Waals surface area contributed by atoms with Crippen molar-refractivity contribution in [3.05, 3.63) is 34.9 Å². The first-order valence-electron chi connectivity index (χ1n) is 13.0. The van der Waals surface area contributed by atoms with Crippen molar-refractivity contribution in [2.75, 3.05) is 0 Å². The van der Waals surface area contributed by atoms with E-state index in [4.69, 9.17) is 0 Å². The second-order valence-electron chi connectivity index (χ2n) is 12.8. The summed E-state index contributed by atoms with van der Waals surface area (Å²) in [4.78, 5) is 23.7. The summed E-state index contributed by atoms with van der Waals surface area (Å²) in [5.41, 5.74) is 4.49. The highest BCUT2D eigenvalue weighted by Gasteiger charge is 2.63. The van der Waals surface area contributed by atoms with Crippen LogP contribution in [0.25, 0.3) is 0 Å². The van der Waals surface area contributed by atoms with Gasteiger partial charge in [-0.15, -0.1) is 0 Å². The molecule has 0 spiro atoms. The summed E-state index contributed by atoms with van der Waals surface area (Å²) in [5.74, 6) is 2.25. The molecule has 0 aromatic rings. The maximum Gasteiger partial charge on any atom is 0.145 e. The number of allylic oxidation sites excluding steroid dienone is 6. The first-order chi connectivity index (χ1) is 14.9. The van der Waals surface area contributed by atoms with E-state index in [0.29, 0.717) is 23.5 Å². The van der Waals surface area contributed by atoms with Gasteiger partial charge in [-0.2, -0.15) is 0 Å². The quantitative estimate of drug-likeness (QED) is 0.328. The summed E-state index contributed by atoms with van der Waals surface area (Å²) in [7, 11) is 0. The molecule has 2 saturated carbocycles. The maximum atomic E-state index is 12.8. The smallest absolute Gasteiger partial charge is 0.145 e. The van der Waals surface area contributed by atoms with Gasteiger partial charge in [0.15, 0.2) is 0 Å². The molecule has 2 heteroatoms. The van der Waals surface area contributed by atoms with Crippen LogP contribution < -0.4 is 0 Å². The summed E-state index contributed by atoms with van der Waals surface area (Å²) in [6.45, 7) is 16.3. The van der Waals surface area contributed by atoms with E-state index >= 15 is 0 Å². The Morgan fingerprint density at radius 2 is 1.84 bits per heavy atom. The minimum absolute atomic E-state index is 0.132. The molecular weight excluding hydrogens is 392 g/mol. The molecule has 0 aromatic carbocycles. The Hall–Kier alpha value is -1.44. The van der Waals surface area contributed by atoms with Gasteiger partial charge in [0.2, 0.25) is 0 Å². The number of hydrogen-bond donors (Lipinski definition) is 0. The Morgan fingerprint density at radius 1 is 1.12 bits per heavy atom. The van der Waals surface area contributed by atoms with Crippen LogP contribution in [-0.2, 0) is 9.59 Å². The first kappa shape index (κ1) is 23.7. The van der Waals surface area contributed by atoms with Gasteiger partial charge in [-0.3, -0.25) is 9.59 Å². The largest absolute Gasteiger partial charge is 0.299 e. The van der Waals surface area contributed by atoms with Gasteiger partial charge >= 0.3 is 0 Å². The first-order valence-corrected chi connectivity index (χ1v) is 13.0. The fourth-order valence-electron chi connectivity index (χ4n) is 8.58. The zero-order chi connectivity index (χ0) is 23.5. The number of aldehydes is 1. The molecule has 0 N–H and O–H groups in total. The molecule has 0 bridgehead atoms. The van der Waals surface area contributed by atoms with Crippen LogP contribution in [0.15, 0.2) is 34.9 Å². The van der Waals surface area contributed by atoms with Crippen molar-refractivity contribution < 1.29 is 9.59 Å². The van der Waals surface area contributed by atoms with Gasteiger partial charge in [-0.05, 0) is 103 Å². The Bertz CT molecular complexity index is 902. The Kier molecular flexibility index (Phi) is 5.79. The highest BCUT2D eigenvalue weighted by atomic mass is 16.1. The lowest BCUT2D eigenvalue weighted by Gasteiger charge is -2.59. The molecule has 0 amide bonds. The molecule has 4 rings (SSSR count). The molecule has 0 radical (unpaired) electrons. The lowest BCUT2D eigenvalue weighted by atomic mass is 9.44. The van der Waals surface area contributed by atoms with Crippen LogP contribution in [0.4, 0.5) is 0 Å². The third-order valence-electron chi connectivity index (χ3n) is 11.0. The van der Waals surface area contributed by atoms with Crippen LogP contribution in [0.3, 0.4) is 0 Å². The van der Waals surface area contributed by atoms with Gasteiger partial charge in [-0.1, -0.05) is 59.8 Å². The van der Waals surface area contributed by atoms with Crippen molar-refractivity contribution in [1.29, 1.82) is 0 Å². The Labute approximate surface area is 196 Å². The second-order valence-corrected chi connectivity index (χ2v) is 12.8. The standard InChI is InChI=1S/C30H44O2/c1-20(19-31)9-8-10-21(2)22-13-17-30(7)24-11-12-25-27(3,4)26(32)15-16-28(25,5)23(24)14-18-29(22,30)6/h9,11,14,19,21-22,25H,8,10,12-13,15-18H2,1-7H3/t21?,22-,25-,28+,29+,30-/m0/s1. The van der Waals surface area contributed by atoms with Crippen molar-refractivity contribution in [2.24, 2.45) is 39.4 Å². The SMILES string of the molecule is CC(C=O)=CCCC(C)[C@@H]1CC[C@@]2(C)C3=CC[C@H]4C(C)(C)C(=O)CC[C@]4(C)C3=CC[C@]12C. The van der Waals surface area contributed by atoms with E-state index in [9.17, 15) is 9.59 Å². The summed E-state index contributed by atoms with van der Waals surface area (Å²) in [5, 5.41) is 0. The van der Waals surface area contributed by atoms with Crippen molar-refractivity contribution in [2.45, 2.75) is 99.8 Å². The van der Waals surface area contributed by atoms with Gasteiger partial charge in [0.1, 0.15) is 12.1 Å². The molecule has 0 saturated heterocycles. The van der Waals surface area contributed by atoms with Crippen LogP contribution in [0.1, 0.15) is 99.8 Å². The van der Waals surface area contributed by atoms with Gasteiger partial charge in [-0.25, -0.2) is 0 Å². The average molecular weight is 437 g/mol. The molecule has 32 heavy (non-hydrogen) atoms. The predicted molar refractivity (Wildman–Crippen MR) is 132 cm³/mol. The third-order valence-corrected chi connectivity index (χ3v) is 11.0. The molecule has 2 nitrogen and oxygen atoms in total. The lowest BCUT2D eigenvalue weighted by molar-refractivity contribution is -0.138. The molecule has 4 aliphatic rings. The van der Waals surface area contributed by atoms with E-state index in [1.807, 2.05) is 6.92 Å². The molecule has 176 valence electrons. The number of Topliss-reactive ketones (excluding diaryl/α,β-unsaturated/α-hetero) is 1. The molecule has 0 aromatic heterocycles. The van der Waals surface area contributed by atoms with Gasteiger partial charge in [0, 0.05) is 11.8 Å². The predicted octanol–water partition coefficient (Wildman–Crippen LogP) is 7.64. The number of carbonyl (C=O) groups excluding carboxylic acids is 2. The minimum Gasteiger partial charge on any atom is -0.299 e. The summed E-state index contributed by atoms with van der Waals surface area (Å²) >= 11 is 0. The normalized spacial score (nSPS) is 41.7. The molecule has 2 fully saturated rings. The molecule has 6 atom stereocenters. The number of ketones is 1. The van der Waals surface area contributed by atoms with Crippen molar-refractivity contribution >= 4 is 12.1 Å². The van der Waals surface area contributed by atoms with E-state index in [0.717, 1.165) is 50.4 Å². The minimum atomic E-state index is -0.225. The second kappa shape index (κ2) is 7.81. The zero-order valence-corrected chi connectivity index (χ0v) is 21.5. The zero-order valence-electron chi connectivity index (χ0n) is 21.5. The van der Waals surface area contributed by atoms with Crippen molar-refractivity contribution in [3.8, 4) is 0 Å². The van der Waals surface area contributed by atoms with Crippen LogP contribution in [0.2, 0.25) is 0 Å². The summed E-state index contributed by atoms with van der Waals surface area (Å²) in [6.07, 6.45) is 16.9. The van der Waals surface area contributed by atoms with Crippen molar-refractivity contribution in [1.82, 2.24) is 0 Å².